The molecule has 1 aromatic rings. The van der Waals surface area contributed by atoms with Crippen LogP contribution in [0.1, 0.15) is 20.8 Å². The second-order valence-corrected chi connectivity index (χ2v) is 2.21. The molecule has 6 heteroatoms. The summed E-state index contributed by atoms with van der Waals surface area (Å²) in [5.74, 6) is 3.12. The van der Waals surface area contributed by atoms with Gasteiger partial charge in [0.25, 0.3) is 5.91 Å². The molecule has 4 N–H and O–H groups in total. The van der Waals surface area contributed by atoms with E-state index in [0.717, 1.165) is 6.07 Å². The number of amides is 1. The molecule has 1 heterocycles. The van der Waals surface area contributed by atoms with Gasteiger partial charge in [-0.1, -0.05) is 0 Å². The van der Waals surface area contributed by atoms with Gasteiger partial charge < -0.3 is 5.11 Å². The third kappa shape index (κ3) is 2.00. The number of nitrogens with two attached hydrogens (primary N) is 1. The quantitative estimate of drug-likeness (QED) is 0.320. The Kier molecular flexibility index (Phi) is 2.56. The highest BCUT2D eigenvalue weighted by atomic mass is 16.4. The summed E-state index contributed by atoms with van der Waals surface area (Å²) in [7, 11) is 0. The molecule has 68 valence electrons. The van der Waals surface area contributed by atoms with E-state index in [1.165, 1.54) is 12.3 Å². The van der Waals surface area contributed by atoms with Crippen molar-refractivity contribution in [2.45, 2.75) is 0 Å². The maximum absolute atomic E-state index is 10.9. The van der Waals surface area contributed by atoms with Gasteiger partial charge in [-0.2, -0.15) is 0 Å². The first-order valence-electron chi connectivity index (χ1n) is 3.35. The van der Waals surface area contributed by atoms with Gasteiger partial charge in [0.05, 0.1) is 0 Å². The van der Waals surface area contributed by atoms with Crippen molar-refractivity contribution in [2.24, 2.45) is 5.84 Å². The SMILES string of the molecule is NNC(=O)c1ccnc(C(=O)O)c1. The molecule has 0 saturated heterocycles. The zero-order valence-corrected chi connectivity index (χ0v) is 6.52. The van der Waals surface area contributed by atoms with Crippen molar-refractivity contribution in [1.29, 1.82) is 0 Å². The van der Waals surface area contributed by atoms with Gasteiger partial charge >= 0.3 is 5.97 Å². The minimum absolute atomic E-state index is 0.162. The molecule has 0 aliphatic heterocycles. The van der Waals surface area contributed by atoms with Crippen LogP contribution in [0.15, 0.2) is 18.3 Å². The average Bonchev–Trinajstić information content (AvgIpc) is 2.17. The number of pyridine rings is 1. The highest BCUT2D eigenvalue weighted by Gasteiger charge is 2.08. The minimum atomic E-state index is -1.19. The van der Waals surface area contributed by atoms with Gasteiger partial charge in [0.15, 0.2) is 0 Å². The van der Waals surface area contributed by atoms with Crippen molar-refractivity contribution in [3.63, 3.8) is 0 Å². The van der Waals surface area contributed by atoms with Crippen LogP contribution in [-0.4, -0.2) is 22.0 Å². The maximum atomic E-state index is 10.9. The Balaban J connectivity index is 3.05. The molecule has 0 aliphatic rings. The third-order valence-corrected chi connectivity index (χ3v) is 1.37. The second-order valence-electron chi connectivity index (χ2n) is 2.21. The first kappa shape index (κ1) is 9.14. The smallest absolute Gasteiger partial charge is 0.354 e. The molecule has 0 radical (unpaired) electrons. The lowest BCUT2D eigenvalue weighted by molar-refractivity contribution is 0.0690. The van der Waals surface area contributed by atoms with E-state index >= 15 is 0 Å². The molecule has 1 amide bonds. The number of nitrogen functional groups attached to an aromatic ring is 1. The zero-order chi connectivity index (χ0) is 9.84. The van der Waals surface area contributed by atoms with Gasteiger partial charge in [-0.15, -0.1) is 0 Å². The number of carbonyl (C=O) groups excluding carboxylic acids is 1. The second kappa shape index (κ2) is 3.63. The number of rotatable bonds is 2. The van der Waals surface area contributed by atoms with Crippen LogP contribution in [0, 0.1) is 0 Å². The van der Waals surface area contributed by atoms with E-state index in [1.54, 1.807) is 0 Å². The Morgan fingerprint density at radius 3 is 2.77 bits per heavy atom. The summed E-state index contributed by atoms with van der Waals surface area (Å²) < 4.78 is 0. The van der Waals surface area contributed by atoms with Crippen molar-refractivity contribution in [1.82, 2.24) is 10.4 Å². The molecular formula is C7H7N3O3. The Morgan fingerprint density at radius 2 is 2.23 bits per heavy atom. The molecule has 0 saturated carbocycles. The number of carboxylic acids is 1. The lowest BCUT2D eigenvalue weighted by Gasteiger charge is -1.99. The summed E-state index contributed by atoms with van der Waals surface area (Å²) in [6, 6.07) is 2.51. The van der Waals surface area contributed by atoms with E-state index < -0.39 is 11.9 Å². The number of nitrogens with zero attached hydrogens (tertiary/aromatic N) is 1. The van der Waals surface area contributed by atoms with Crippen LogP contribution in [0.3, 0.4) is 0 Å². The number of aromatic nitrogens is 1. The lowest BCUT2D eigenvalue weighted by atomic mass is 10.2. The van der Waals surface area contributed by atoms with Gasteiger partial charge in [0.2, 0.25) is 0 Å². The number of hydrazine groups is 1. The number of nitrogens with one attached hydrogen (secondary N) is 1. The minimum Gasteiger partial charge on any atom is -0.477 e. The molecule has 6 nitrogen and oxygen atoms in total. The summed E-state index contributed by atoms with van der Waals surface area (Å²) in [5.41, 5.74) is 1.86. The molecule has 0 unspecified atom stereocenters. The summed E-state index contributed by atoms with van der Waals surface area (Å²) in [6.07, 6.45) is 1.23. The Hall–Kier alpha value is -1.95. The molecule has 0 fully saturated rings. The van der Waals surface area contributed by atoms with Crippen LogP contribution in [0.25, 0.3) is 0 Å². The van der Waals surface area contributed by atoms with Crippen molar-refractivity contribution in [2.75, 3.05) is 0 Å². The lowest BCUT2D eigenvalue weighted by Crippen LogP contribution is -2.30. The Bertz CT molecular complexity index is 351. The highest BCUT2D eigenvalue weighted by molar-refractivity contribution is 5.96. The van der Waals surface area contributed by atoms with Crippen LogP contribution >= 0.6 is 0 Å². The van der Waals surface area contributed by atoms with E-state index in [-0.39, 0.29) is 11.3 Å². The normalized spacial score (nSPS) is 9.31. The molecule has 1 aromatic heterocycles. The van der Waals surface area contributed by atoms with Crippen molar-refractivity contribution < 1.29 is 14.7 Å². The van der Waals surface area contributed by atoms with Crippen LogP contribution in [0.2, 0.25) is 0 Å². The number of hydrogen-bond donors (Lipinski definition) is 3. The number of aromatic carboxylic acids is 1. The topological polar surface area (TPSA) is 105 Å². The average molecular weight is 181 g/mol. The fraction of sp³-hybridized carbons (Fsp3) is 0. The number of carbonyl (C=O) groups is 2. The Morgan fingerprint density at radius 1 is 1.54 bits per heavy atom. The van der Waals surface area contributed by atoms with Crippen LogP contribution in [0.4, 0.5) is 0 Å². The Labute approximate surface area is 73.4 Å². The predicted molar refractivity (Wildman–Crippen MR) is 42.8 cm³/mol. The fourth-order valence-corrected chi connectivity index (χ4v) is 0.772. The molecule has 13 heavy (non-hydrogen) atoms. The van der Waals surface area contributed by atoms with Crippen molar-refractivity contribution >= 4 is 11.9 Å². The van der Waals surface area contributed by atoms with E-state index in [4.69, 9.17) is 10.9 Å². The van der Waals surface area contributed by atoms with E-state index in [0.29, 0.717) is 0 Å². The maximum Gasteiger partial charge on any atom is 0.354 e. The number of carboxylic acid groups (broad SMARTS) is 1. The summed E-state index contributed by atoms with van der Waals surface area (Å²) in [6.45, 7) is 0. The summed E-state index contributed by atoms with van der Waals surface area (Å²) in [5, 5.41) is 8.54. The molecule has 0 atom stereocenters. The highest BCUT2D eigenvalue weighted by Crippen LogP contribution is 2.00. The summed E-state index contributed by atoms with van der Waals surface area (Å²) in [4.78, 5) is 24.9. The van der Waals surface area contributed by atoms with Gasteiger partial charge in [-0.05, 0) is 12.1 Å². The fourth-order valence-electron chi connectivity index (χ4n) is 0.772. The van der Waals surface area contributed by atoms with Crippen molar-refractivity contribution in [3.05, 3.63) is 29.6 Å². The van der Waals surface area contributed by atoms with Gasteiger partial charge in [0.1, 0.15) is 5.69 Å². The zero-order valence-electron chi connectivity index (χ0n) is 6.52. The monoisotopic (exact) mass is 181 g/mol. The van der Waals surface area contributed by atoms with Crippen LogP contribution in [-0.2, 0) is 0 Å². The van der Waals surface area contributed by atoms with E-state index in [2.05, 4.69) is 4.98 Å². The first-order chi connectivity index (χ1) is 6.15. The van der Waals surface area contributed by atoms with Crippen LogP contribution in [0.5, 0.6) is 0 Å². The molecular weight excluding hydrogens is 174 g/mol. The van der Waals surface area contributed by atoms with Gasteiger partial charge in [0, 0.05) is 11.8 Å². The first-order valence-corrected chi connectivity index (χ1v) is 3.35. The molecule has 0 aromatic carbocycles. The van der Waals surface area contributed by atoms with E-state index in [9.17, 15) is 9.59 Å². The number of hydrogen-bond acceptors (Lipinski definition) is 4. The van der Waals surface area contributed by atoms with Crippen LogP contribution < -0.4 is 11.3 Å². The van der Waals surface area contributed by atoms with Crippen molar-refractivity contribution in [3.8, 4) is 0 Å². The van der Waals surface area contributed by atoms with E-state index in [1.807, 2.05) is 5.43 Å². The largest absolute Gasteiger partial charge is 0.477 e. The van der Waals surface area contributed by atoms with Gasteiger partial charge in [-0.25, -0.2) is 15.6 Å². The molecule has 0 bridgehead atoms. The summed E-state index contributed by atoms with van der Waals surface area (Å²) >= 11 is 0. The molecule has 1 rings (SSSR count). The third-order valence-electron chi connectivity index (χ3n) is 1.37. The molecule has 0 aliphatic carbocycles. The standard InChI is InChI=1S/C7H7N3O3/c8-10-6(11)4-1-2-9-5(3-4)7(12)13/h1-3H,8H2,(H,10,11)(H,12,13). The predicted octanol–water partition coefficient (Wildman–Crippen LogP) is -0.617. The molecule has 0 spiro atoms. The van der Waals surface area contributed by atoms with Gasteiger partial charge in [-0.3, -0.25) is 10.2 Å².